The van der Waals surface area contributed by atoms with Crippen LogP contribution in [-0.4, -0.2) is 10.9 Å². The van der Waals surface area contributed by atoms with Crippen LogP contribution in [-0.2, 0) is 17.1 Å². The molecule has 0 radical (unpaired) electrons. The first-order valence-corrected chi connectivity index (χ1v) is 8.95. The highest BCUT2D eigenvalue weighted by Crippen LogP contribution is 2.37. The minimum Gasteiger partial charge on any atom is -0.345 e. The predicted molar refractivity (Wildman–Crippen MR) is 98.5 cm³/mol. The number of carbonyl (C=O) groups excluding carboxylic acids is 1. The molecule has 1 N–H and O–H groups in total. The van der Waals surface area contributed by atoms with Crippen molar-refractivity contribution in [3.05, 3.63) is 69.0 Å². The second-order valence-electron chi connectivity index (χ2n) is 6.09. The minimum atomic E-state index is -5.01. The summed E-state index contributed by atoms with van der Waals surface area (Å²) in [5.74, 6) is -0.974. The van der Waals surface area contributed by atoms with Gasteiger partial charge in [-0.15, -0.1) is 0 Å². The van der Waals surface area contributed by atoms with Gasteiger partial charge in [0.25, 0.3) is 5.91 Å². The Morgan fingerprint density at radius 3 is 2.17 bits per heavy atom. The van der Waals surface area contributed by atoms with Gasteiger partial charge in [-0.3, -0.25) is 4.79 Å². The summed E-state index contributed by atoms with van der Waals surface area (Å²) in [5.41, 5.74) is -3.58. The molecule has 30 heavy (non-hydrogen) atoms. The molecule has 0 bridgehead atoms. The summed E-state index contributed by atoms with van der Waals surface area (Å²) in [7, 11) is 0. The van der Waals surface area contributed by atoms with E-state index < -0.39 is 46.6 Å². The minimum absolute atomic E-state index is 0.00240. The molecule has 0 aliphatic rings. The topological polar surface area (TPSA) is 65.8 Å². The summed E-state index contributed by atoms with van der Waals surface area (Å²) in [6.45, 7) is 1.21. The highest BCUT2D eigenvalue weighted by atomic mass is 79.9. The molecule has 0 unspecified atom stereocenters. The van der Waals surface area contributed by atoms with E-state index in [2.05, 4.69) is 26.2 Å². The number of halogens is 7. The van der Waals surface area contributed by atoms with Crippen LogP contribution in [0.4, 0.5) is 26.3 Å². The zero-order chi connectivity index (χ0) is 22.7. The van der Waals surface area contributed by atoms with Gasteiger partial charge in [0.15, 0.2) is 0 Å². The third kappa shape index (κ3) is 6.06. The predicted octanol–water partition coefficient (Wildman–Crippen LogP) is 5.67. The van der Waals surface area contributed by atoms with Gasteiger partial charge < -0.3 is 5.32 Å². The van der Waals surface area contributed by atoms with Crippen molar-refractivity contribution in [2.45, 2.75) is 25.3 Å². The summed E-state index contributed by atoms with van der Waals surface area (Å²) < 4.78 is 78.4. The van der Waals surface area contributed by atoms with Crippen LogP contribution in [0, 0.1) is 11.3 Å². The van der Waals surface area contributed by atoms with Crippen LogP contribution in [0.3, 0.4) is 0 Å². The number of nitrogens with one attached hydrogen (secondary N) is 1. The molecule has 1 atom stereocenters. The normalized spacial score (nSPS) is 13.5. The lowest BCUT2D eigenvalue weighted by Gasteiger charge is -2.19. The first kappa shape index (κ1) is 23.4. The van der Waals surface area contributed by atoms with E-state index in [1.807, 2.05) is 0 Å². The van der Waals surface area contributed by atoms with Crippen LogP contribution in [0.2, 0.25) is 0 Å². The monoisotopic (exact) mass is 491 g/mol. The maximum atomic E-state index is 13.0. The highest BCUT2D eigenvalue weighted by molar-refractivity contribution is 9.10. The Hall–Kier alpha value is -2.87. The van der Waals surface area contributed by atoms with E-state index in [9.17, 15) is 36.4 Å². The van der Waals surface area contributed by atoms with Crippen molar-refractivity contribution in [1.82, 2.24) is 10.3 Å². The van der Waals surface area contributed by atoms with E-state index in [1.165, 1.54) is 13.0 Å². The zero-order valence-corrected chi connectivity index (χ0v) is 16.7. The van der Waals surface area contributed by atoms with Gasteiger partial charge >= 0.3 is 12.4 Å². The van der Waals surface area contributed by atoms with Gasteiger partial charge in [-0.1, -0.05) is 6.07 Å². The number of alkyl halides is 6. The number of hydrogen-bond acceptors (Lipinski definition) is 3. The van der Waals surface area contributed by atoms with Crippen molar-refractivity contribution < 1.29 is 31.1 Å². The number of carbonyl (C=O) groups is 1. The number of aromatic nitrogens is 1. The summed E-state index contributed by atoms with van der Waals surface area (Å²) in [4.78, 5) is 16.3. The Labute approximate surface area is 175 Å². The molecule has 0 fully saturated rings. The lowest BCUT2D eigenvalue weighted by Crippen LogP contribution is -2.28. The summed E-state index contributed by atoms with van der Waals surface area (Å²) >= 11 is 3.12. The van der Waals surface area contributed by atoms with Gasteiger partial charge in [-0.25, -0.2) is 4.98 Å². The number of rotatable bonds is 4. The van der Waals surface area contributed by atoms with Crippen LogP contribution >= 0.6 is 15.9 Å². The van der Waals surface area contributed by atoms with E-state index in [1.54, 1.807) is 18.2 Å². The molecule has 1 heterocycles. The molecule has 1 aromatic heterocycles. The molecule has 0 aliphatic carbocycles. The maximum Gasteiger partial charge on any atom is 0.416 e. The molecular formula is C19H12BrF6N3O. The van der Waals surface area contributed by atoms with Crippen LogP contribution in [0.15, 0.2) is 46.6 Å². The summed E-state index contributed by atoms with van der Waals surface area (Å²) in [6.07, 6.45) is -8.88. The van der Waals surface area contributed by atoms with Gasteiger partial charge in [0.05, 0.1) is 22.9 Å². The fourth-order valence-corrected chi connectivity index (χ4v) is 2.74. The van der Waals surface area contributed by atoms with Crippen molar-refractivity contribution in [2.24, 2.45) is 0 Å². The quantitative estimate of drug-likeness (QED) is 0.259. The first-order valence-electron chi connectivity index (χ1n) is 8.16. The van der Waals surface area contributed by atoms with Crippen molar-refractivity contribution in [3.8, 4) is 6.07 Å². The molecule has 0 aliphatic heterocycles. The number of benzene rings is 1. The Morgan fingerprint density at radius 1 is 1.13 bits per heavy atom. The van der Waals surface area contributed by atoms with E-state index >= 15 is 0 Å². The molecule has 158 valence electrons. The van der Waals surface area contributed by atoms with Gasteiger partial charge in [0, 0.05) is 0 Å². The zero-order valence-electron chi connectivity index (χ0n) is 15.1. The molecule has 4 nitrogen and oxygen atoms in total. The number of hydrogen-bond donors (Lipinski definition) is 1. The van der Waals surface area contributed by atoms with E-state index in [-0.39, 0.29) is 11.8 Å². The standard InChI is InChI=1S/C19H12BrF6N3O/c1-10(11-5-13(18(21,22)23)8-14(6-11)19(24,25)26)28-17(30)12(9-27)7-15-3-2-4-16(20)29-15/h2-8,10H,1H3,(H,28,30)/b12-7-/t10-/m0/s1. The Morgan fingerprint density at radius 2 is 1.70 bits per heavy atom. The average molecular weight is 492 g/mol. The molecule has 11 heteroatoms. The number of nitrogens with zero attached hydrogens (tertiary/aromatic N) is 2. The first-order chi connectivity index (χ1) is 13.8. The molecule has 2 aromatic rings. The molecule has 0 spiro atoms. The Balaban J connectivity index is 2.35. The van der Waals surface area contributed by atoms with Crippen molar-refractivity contribution in [2.75, 3.05) is 0 Å². The SMILES string of the molecule is C[C@H](NC(=O)/C(C#N)=C\c1cccc(Br)n1)c1cc(C(F)(F)F)cc(C(F)(F)F)c1. The van der Waals surface area contributed by atoms with Gasteiger partial charge in [-0.05, 0) is 64.8 Å². The number of pyridine rings is 1. The molecule has 0 saturated heterocycles. The van der Waals surface area contributed by atoms with Crippen LogP contribution in [0.25, 0.3) is 6.08 Å². The molecule has 1 amide bonds. The lowest BCUT2D eigenvalue weighted by molar-refractivity contribution is -0.143. The fraction of sp³-hybridized carbons (Fsp3) is 0.211. The van der Waals surface area contributed by atoms with E-state index in [0.717, 1.165) is 6.08 Å². The maximum absolute atomic E-state index is 13.0. The van der Waals surface area contributed by atoms with E-state index in [0.29, 0.717) is 16.7 Å². The summed E-state index contributed by atoms with van der Waals surface area (Å²) in [6, 6.07) is 6.13. The highest BCUT2D eigenvalue weighted by Gasteiger charge is 2.37. The Bertz CT molecular complexity index is 992. The molecule has 0 saturated carbocycles. The van der Waals surface area contributed by atoms with Crippen molar-refractivity contribution in [1.29, 1.82) is 5.26 Å². The lowest BCUT2D eigenvalue weighted by atomic mass is 10.00. The van der Waals surface area contributed by atoms with Gasteiger partial charge in [0.2, 0.25) is 0 Å². The van der Waals surface area contributed by atoms with Gasteiger partial charge in [0.1, 0.15) is 16.2 Å². The molecular weight excluding hydrogens is 480 g/mol. The second-order valence-corrected chi connectivity index (χ2v) is 6.90. The third-order valence-electron chi connectivity index (χ3n) is 3.85. The smallest absolute Gasteiger partial charge is 0.345 e. The second kappa shape index (κ2) is 8.87. The van der Waals surface area contributed by atoms with Gasteiger partial charge in [-0.2, -0.15) is 31.6 Å². The van der Waals surface area contributed by atoms with Crippen LogP contribution < -0.4 is 5.32 Å². The summed E-state index contributed by atoms with van der Waals surface area (Å²) in [5, 5.41) is 11.4. The number of amides is 1. The largest absolute Gasteiger partial charge is 0.416 e. The Kier molecular flexibility index (Phi) is 6.92. The molecule has 2 rings (SSSR count). The van der Waals surface area contributed by atoms with Crippen molar-refractivity contribution >= 4 is 27.9 Å². The van der Waals surface area contributed by atoms with E-state index in [4.69, 9.17) is 0 Å². The van der Waals surface area contributed by atoms with Crippen LogP contribution in [0.5, 0.6) is 0 Å². The third-order valence-corrected chi connectivity index (χ3v) is 4.29. The van der Waals surface area contributed by atoms with Crippen LogP contribution in [0.1, 0.15) is 35.3 Å². The fourth-order valence-electron chi connectivity index (χ4n) is 2.39. The number of nitriles is 1. The average Bonchev–Trinajstić information content (AvgIpc) is 2.64. The van der Waals surface area contributed by atoms with Crippen molar-refractivity contribution in [3.63, 3.8) is 0 Å². The molecule has 1 aromatic carbocycles.